The average molecular weight is 488 g/mol. The van der Waals surface area contributed by atoms with Gasteiger partial charge in [-0.1, -0.05) is 35.5 Å². The van der Waals surface area contributed by atoms with E-state index < -0.39 is 0 Å². The molecule has 0 saturated heterocycles. The molecule has 4 rings (SSSR count). The Morgan fingerprint density at radius 2 is 1.64 bits per heavy atom. The summed E-state index contributed by atoms with van der Waals surface area (Å²) in [6, 6.07) is 20.0. The third-order valence-electron chi connectivity index (χ3n) is 5.11. The fourth-order valence-corrected chi connectivity index (χ4v) is 3.41. The first-order valence-corrected chi connectivity index (χ1v) is 11.0. The molecule has 0 unspecified atom stereocenters. The highest BCUT2D eigenvalue weighted by Crippen LogP contribution is 2.38. The number of para-hydroxylation sites is 2. The molecule has 0 aliphatic carbocycles. The lowest BCUT2D eigenvalue weighted by atomic mass is 10.1. The summed E-state index contributed by atoms with van der Waals surface area (Å²) in [5, 5.41) is 6.83. The van der Waals surface area contributed by atoms with Gasteiger partial charge in [0, 0.05) is 6.08 Å². The zero-order valence-electron chi connectivity index (χ0n) is 20.1. The van der Waals surface area contributed by atoms with E-state index in [0.29, 0.717) is 45.6 Å². The number of methoxy groups -OCH3 is 3. The monoisotopic (exact) mass is 487 g/mol. The topological polar surface area (TPSA) is 105 Å². The van der Waals surface area contributed by atoms with Crippen molar-refractivity contribution < 1.29 is 28.3 Å². The molecule has 1 amide bonds. The molecule has 1 heterocycles. The van der Waals surface area contributed by atoms with Gasteiger partial charge >= 0.3 is 0 Å². The number of ether oxygens (including phenoxy) is 4. The molecule has 1 N–H and O–H groups in total. The van der Waals surface area contributed by atoms with Gasteiger partial charge in [-0.05, 0) is 48.0 Å². The van der Waals surface area contributed by atoms with Gasteiger partial charge in [-0.2, -0.15) is 4.98 Å². The van der Waals surface area contributed by atoms with E-state index in [1.165, 1.54) is 27.4 Å². The van der Waals surface area contributed by atoms with Gasteiger partial charge in [-0.15, -0.1) is 0 Å². The van der Waals surface area contributed by atoms with E-state index in [0.717, 1.165) is 0 Å². The highest BCUT2D eigenvalue weighted by Gasteiger charge is 2.15. The first kappa shape index (κ1) is 24.3. The summed E-state index contributed by atoms with van der Waals surface area (Å²) in [6.07, 6.45) is 3.05. The number of nitrogens with one attached hydrogen (secondary N) is 1. The SMILES string of the molecule is COc1cc(/C=C/C(=O)Nc2ccccc2-c2nc(COc3ccccc3)no2)cc(OC)c1OC. The number of nitrogens with zero attached hydrogens (tertiary/aromatic N) is 2. The Balaban J connectivity index is 1.47. The van der Waals surface area contributed by atoms with Crippen molar-refractivity contribution in [3.05, 3.63) is 84.2 Å². The van der Waals surface area contributed by atoms with E-state index in [1.54, 1.807) is 36.4 Å². The van der Waals surface area contributed by atoms with Crippen molar-refractivity contribution in [2.24, 2.45) is 0 Å². The number of hydrogen-bond donors (Lipinski definition) is 1. The van der Waals surface area contributed by atoms with E-state index in [2.05, 4.69) is 15.5 Å². The van der Waals surface area contributed by atoms with Crippen molar-refractivity contribution in [3.8, 4) is 34.5 Å². The van der Waals surface area contributed by atoms with Gasteiger partial charge in [0.05, 0.1) is 32.6 Å². The minimum atomic E-state index is -0.344. The predicted octanol–water partition coefficient (Wildman–Crippen LogP) is 4.99. The van der Waals surface area contributed by atoms with E-state index in [-0.39, 0.29) is 18.4 Å². The molecule has 0 spiro atoms. The fraction of sp³-hybridized carbons (Fsp3) is 0.148. The lowest BCUT2D eigenvalue weighted by molar-refractivity contribution is -0.111. The Bertz CT molecular complexity index is 1330. The number of aromatic nitrogens is 2. The average Bonchev–Trinajstić information content (AvgIpc) is 3.39. The Morgan fingerprint density at radius 3 is 2.33 bits per heavy atom. The van der Waals surface area contributed by atoms with Crippen molar-refractivity contribution in [1.82, 2.24) is 10.1 Å². The van der Waals surface area contributed by atoms with Crippen LogP contribution in [-0.4, -0.2) is 37.4 Å². The van der Waals surface area contributed by atoms with Gasteiger partial charge in [-0.3, -0.25) is 4.79 Å². The molecule has 9 heteroatoms. The van der Waals surface area contributed by atoms with Crippen LogP contribution in [0.25, 0.3) is 17.5 Å². The standard InChI is InChI=1S/C27H25N3O6/c1-32-22-15-18(16-23(33-2)26(22)34-3)13-14-25(31)28-21-12-8-7-11-20(21)27-29-24(30-36-27)17-35-19-9-5-4-6-10-19/h4-16H,17H2,1-3H3,(H,28,31)/b14-13+. The van der Waals surface area contributed by atoms with Crippen LogP contribution in [-0.2, 0) is 11.4 Å². The normalized spacial score (nSPS) is 10.8. The van der Waals surface area contributed by atoms with Crippen LogP contribution in [0, 0.1) is 0 Å². The van der Waals surface area contributed by atoms with Crippen molar-refractivity contribution in [1.29, 1.82) is 0 Å². The highest BCUT2D eigenvalue weighted by atomic mass is 16.5. The van der Waals surface area contributed by atoms with Crippen LogP contribution in [0.3, 0.4) is 0 Å². The van der Waals surface area contributed by atoms with Crippen LogP contribution in [0.4, 0.5) is 5.69 Å². The predicted molar refractivity (Wildman–Crippen MR) is 134 cm³/mol. The summed E-state index contributed by atoms with van der Waals surface area (Å²) in [5.74, 6) is 2.47. The van der Waals surface area contributed by atoms with Gasteiger partial charge in [0.25, 0.3) is 5.89 Å². The summed E-state index contributed by atoms with van der Waals surface area (Å²) < 4.78 is 27.1. The second-order valence-electron chi connectivity index (χ2n) is 7.44. The molecule has 0 fully saturated rings. The lowest BCUT2D eigenvalue weighted by Gasteiger charge is -2.12. The Labute approximate surface area is 208 Å². The molecule has 0 aliphatic heterocycles. The van der Waals surface area contributed by atoms with Crippen molar-refractivity contribution in [2.45, 2.75) is 6.61 Å². The van der Waals surface area contributed by atoms with Crippen LogP contribution in [0.5, 0.6) is 23.0 Å². The molecular weight excluding hydrogens is 462 g/mol. The number of rotatable bonds is 10. The number of benzene rings is 3. The summed E-state index contributed by atoms with van der Waals surface area (Å²) in [6.45, 7) is 0.152. The fourth-order valence-electron chi connectivity index (χ4n) is 3.41. The molecule has 0 aliphatic rings. The molecule has 0 atom stereocenters. The molecule has 0 saturated carbocycles. The second kappa shape index (κ2) is 11.6. The molecular formula is C27H25N3O6. The maximum absolute atomic E-state index is 12.7. The molecule has 0 bridgehead atoms. The van der Waals surface area contributed by atoms with Crippen molar-refractivity contribution in [3.63, 3.8) is 0 Å². The zero-order chi connectivity index (χ0) is 25.3. The quantitative estimate of drug-likeness (QED) is 0.312. The van der Waals surface area contributed by atoms with E-state index in [1.807, 2.05) is 36.4 Å². The number of amides is 1. The smallest absolute Gasteiger partial charge is 0.260 e. The maximum Gasteiger partial charge on any atom is 0.260 e. The Hall–Kier alpha value is -4.79. The molecule has 9 nitrogen and oxygen atoms in total. The summed E-state index contributed by atoms with van der Waals surface area (Å²) in [4.78, 5) is 17.1. The molecule has 36 heavy (non-hydrogen) atoms. The number of hydrogen-bond acceptors (Lipinski definition) is 8. The number of carbonyl (C=O) groups excluding carboxylic acids is 1. The minimum absolute atomic E-state index is 0.152. The van der Waals surface area contributed by atoms with Gasteiger partial charge in [-0.25, -0.2) is 0 Å². The maximum atomic E-state index is 12.7. The van der Waals surface area contributed by atoms with Crippen LogP contribution < -0.4 is 24.3 Å². The number of carbonyl (C=O) groups is 1. The van der Waals surface area contributed by atoms with Gasteiger partial charge in [0.15, 0.2) is 18.1 Å². The van der Waals surface area contributed by atoms with E-state index in [4.69, 9.17) is 23.5 Å². The van der Waals surface area contributed by atoms with Crippen molar-refractivity contribution >= 4 is 17.7 Å². The molecule has 1 aromatic heterocycles. The Kier molecular flexibility index (Phi) is 7.82. The van der Waals surface area contributed by atoms with E-state index in [9.17, 15) is 4.79 Å². The third kappa shape index (κ3) is 5.82. The van der Waals surface area contributed by atoms with Crippen LogP contribution >= 0.6 is 0 Å². The highest BCUT2D eigenvalue weighted by molar-refractivity contribution is 6.03. The number of anilines is 1. The van der Waals surface area contributed by atoms with Crippen molar-refractivity contribution in [2.75, 3.05) is 26.6 Å². The van der Waals surface area contributed by atoms with Crippen LogP contribution in [0.1, 0.15) is 11.4 Å². The minimum Gasteiger partial charge on any atom is -0.493 e. The zero-order valence-corrected chi connectivity index (χ0v) is 20.1. The van der Waals surface area contributed by atoms with Crippen LogP contribution in [0.15, 0.2) is 77.3 Å². The van der Waals surface area contributed by atoms with E-state index >= 15 is 0 Å². The molecule has 3 aromatic carbocycles. The van der Waals surface area contributed by atoms with Gasteiger partial charge in [0.1, 0.15) is 5.75 Å². The Morgan fingerprint density at radius 1 is 0.944 bits per heavy atom. The first-order chi connectivity index (χ1) is 17.6. The van der Waals surface area contributed by atoms with Crippen LogP contribution in [0.2, 0.25) is 0 Å². The second-order valence-corrected chi connectivity index (χ2v) is 7.44. The summed E-state index contributed by atoms with van der Waals surface area (Å²) >= 11 is 0. The third-order valence-corrected chi connectivity index (χ3v) is 5.11. The van der Waals surface area contributed by atoms with Gasteiger partial charge < -0.3 is 28.8 Å². The molecule has 4 aromatic rings. The first-order valence-electron chi connectivity index (χ1n) is 11.0. The summed E-state index contributed by atoms with van der Waals surface area (Å²) in [5.41, 5.74) is 1.81. The molecule has 184 valence electrons. The van der Waals surface area contributed by atoms with Gasteiger partial charge in [0.2, 0.25) is 17.5 Å². The lowest BCUT2D eigenvalue weighted by Crippen LogP contribution is -2.08. The largest absolute Gasteiger partial charge is 0.493 e. The summed E-state index contributed by atoms with van der Waals surface area (Å²) in [7, 11) is 4.60. The molecule has 0 radical (unpaired) electrons.